The van der Waals surface area contributed by atoms with Crippen molar-refractivity contribution in [3.8, 4) is 0 Å². The Morgan fingerprint density at radius 3 is 2.89 bits per heavy atom. The number of halogens is 1. The van der Waals surface area contributed by atoms with Gasteiger partial charge in [-0.25, -0.2) is 4.52 Å². The van der Waals surface area contributed by atoms with E-state index in [0.29, 0.717) is 11.0 Å². The van der Waals surface area contributed by atoms with E-state index in [4.69, 9.17) is 11.6 Å². The zero-order valence-electron chi connectivity index (χ0n) is 11.1. The third-order valence-electron chi connectivity index (χ3n) is 3.98. The average molecular weight is 279 g/mol. The highest BCUT2D eigenvalue weighted by Gasteiger charge is 2.18. The fourth-order valence-electron chi connectivity index (χ4n) is 2.70. The first-order valence-corrected chi connectivity index (χ1v) is 7.34. The first kappa shape index (κ1) is 12.7. The highest BCUT2D eigenvalue weighted by molar-refractivity contribution is 6.30. The second-order valence-corrected chi connectivity index (χ2v) is 6.03. The molecule has 4 nitrogen and oxygen atoms in total. The summed E-state index contributed by atoms with van der Waals surface area (Å²) in [5.41, 5.74) is 0.823. The Hall–Kier alpha value is -1.29. The smallest absolute Gasteiger partial charge is 0.243 e. The lowest BCUT2D eigenvalue weighted by Crippen LogP contribution is -2.20. The van der Waals surface area contributed by atoms with E-state index in [1.165, 1.54) is 25.7 Å². The van der Waals surface area contributed by atoms with Crippen LogP contribution in [0.15, 0.2) is 18.3 Å². The summed E-state index contributed by atoms with van der Waals surface area (Å²) in [6, 6.07) is 3.71. The fourth-order valence-corrected chi connectivity index (χ4v) is 2.86. The first-order valence-electron chi connectivity index (χ1n) is 6.96. The van der Waals surface area contributed by atoms with Gasteiger partial charge in [0.05, 0.1) is 5.02 Å². The van der Waals surface area contributed by atoms with E-state index in [1.807, 2.05) is 12.1 Å². The minimum atomic E-state index is 0.671. The lowest BCUT2D eigenvalue weighted by molar-refractivity contribution is 0.300. The highest BCUT2D eigenvalue weighted by atomic mass is 35.5. The van der Waals surface area contributed by atoms with E-state index in [2.05, 4.69) is 22.3 Å². The van der Waals surface area contributed by atoms with Crippen molar-refractivity contribution in [1.82, 2.24) is 14.6 Å². The Morgan fingerprint density at radius 1 is 1.32 bits per heavy atom. The number of pyridine rings is 1. The summed E-state index contributed by atoms with van der Waals surface area (Å²) in [7, 11) is 0. The van der Waals surface area contributed by atoms with E-state index in [-0.39, 0.29) is 0 Å². The molecule has 5 heteroatoms. The van der Waals surface area contributed by atoms with Gasteiger partial charge in [0, 0.05) is 12.7 Å². The molecule has 1 aliphatic rings. The third-order valence-corrected chi connectivity index (χ3v) is 4.20. The zero-order valence-corrected chi connectivity index (χ0v) is 11.9. The van der Waals surface area contributed by atoms with Crippen LogP contribution in [-0.4, -0.2) is 21.1 Å². The van der Waals surface area contributed by atoms with Gasteiger partial charge in [-0.2, -0.15) is 4.98 Å². The monoisotopic (exact) mass is 278 g/mol. The van der Waals surface area contributed by atoms with Crippen molar-refractivity contribution in [3.63, 3.8) is 0 Å². The number of hydrogen-bond acceptors (Lipinski definition) is 3. The maximum Gasteiger partial charge on any atom is 0.243 e. The van der Waals surface area contributed by atoms with Crippen molar-refractivity contribution in [3.05, 3.63) is 23.4 Å². The number of anilines is 1. The van der Waals surface area contributed by atoms with E-state index >= 15 is 0 Å². The molecule has 19 heavy (non-hydrogen) atoms. The molecule has 3 rings (SSSR count). The molecule has 0 radical (unpaired) electrons. The van der Waals surface area contributed by atoms with Crippen molar-refractivity contribution in [1.29, 1.82) is 0 Å². The van der Waals surface area contributed by atoms with E-state index in [1.54, 1.807) is 10.7 Å². The molecule has 0 atom stereocenters. The van der Waals surface area contributed by atoms with Gasteiger partial charge in [-0.15, -0.1) is 5.10 Å². The summed E-state index contributed by atoms with van der Waals surface area (Å²) in [6.45, 7) is 3.31. The number of rotatable bonds is 3. The molecule has 1 aliphatic carbocycles. The van der Waals surface area contributed by atoms with Gasteiger partial charge in [0.2, 0.25) is 5.95 Å². The normalized spacial score (nSPS) is 23.7. The summed E-state index contributed by atoms with van der Waals surface area (Å²) in [6.07, 6.45) is 7.10. The van der Waals surface area contributed by atoms with Gasteiger partial charge in [-0.3, -0.25) is 0 Å². The minimum absolute atomic E-state index is 0.671. The van der Waals surface area contributed by atoms with Crippen molar-refractivity contribution < 1.29 is 0 Å². The van der Waals surface area contributed by atoms with E-state index in [9.17, 15) is 0 Å². The van der Waals surface area contributed by atoms with Crippen LogP contribution in [0.4, 0.5) is 5.95 Å². The van der Waals surface area contributed by atoms with Gasteiger partial charge in [0.15, 0.2) is 5.65 Å². The number of nitrogens with one attached hydrogen (secondary N) is 1. The summed E-state index contributed by atoms with van der Waals surface area (Å²) in [5, 5.41) is 8.41. The second kappa shape index (κ2) is 5.37. The maximum absolute atomic E-state index is 5.93. The van der Waals surface area contributed by atoms with Crippen molar-refractivity contribution >= 4 is 23.2 Å². The van der Waals surface area contributed by atoms with Crippen LogP contribution < -0.4 is 5.32 Å². The molecule has 2 aromatic heterocycles. The molecule has 0 saturated heterocycles. The lowest BCUT2D eigenvalue weighted by Gasteiger charge is -2.25. The van der Waals surface area contributed by atoms with Gasteiger partial charge >= 0.3 is 0 Å². The standard InChI is InChI=1S/C14H19ClN4/c1-10-2-4-11(5-3-10)8-16-14-17-13-7-6-12(15)9-19(13)18-14/h6-7,9-11H,2-5,8H2,1H3,(H,16,18). The molecule has 0 aliphatic heterocycles. The molecule has 2 aromatic rings. The summed E-state index contributed by atoms with van der Waals surface area (Å²) in [5.74, 6) is 2.35. The Kier molecular flexibility index (Phi) is 3.60. The third kappa shape index (κ3) is 3.00. The molecule has 2 heterocycles. The van der Waals surface area contributed by atoms with Gasteiger partial charge in [-0.05, 0) is 36.8 Å². The quantitative estimate of drug-likeness (QED) is 0.932. The largest absolute Gasteiger partial charge is 0.353 e. The van der Waals surface area contributed by atoms with Gasteiger partial charge < -0.3 is 5.32 Å². The van der Waals surface area contributed by atoms with Crippen LogP contribution >= 0.6 is 11.6 Å². The number of hydrogen-bond donors (Lipinski definition) is 1. The second-order valence-electron chi connectivity index (χ2n) is 5.59. The van der Waals surface area contributed by atoms with Crippen LogP contribution in [0.2, 0.25) is 5.02 Å². The number of aromatic nitrogens is 3. The average Bonchev–Trinajstić information content (AvgIpc) is 2.80. The summed E-state index contributed by atoms with van der Waals surface area (Å²) >= 11 is 5.93. The first-order chi connectivity index (χ1) is 9.20. The molecule has 1 N–H and O–H groups in total. The molecular weight excluding hydrogens is 260 g/mol. The van der Waals surface area contributed by atoms with Crippen LogP contribution in [0.1, 0.15) is 32.6 Å². The van der Waals surface area contributed by atoms with Crippen LogP contribution in [0.25, 0.3) is 5.65 Å². The molecule has 102 valence electrons. The van der Waals surface area contributed by atoms with Crippen molar-refractivity contribution in [2.75, 3.05) is 11.9 Å². The van der Waals surface area contributed by atoms with Crippen molar-refractivity contribution in [2.45, 2.75) is 32.6 Å². The summed E-state index contributed by atoms with van der Waals surface area (Å²) < 4.78 is 1.72. The van der Waals surface area contributed by atoms with Gasteiger partial charge in [-0.1, -0.05) is 31.4 Å². The van der Waals surface area contributed by atoms with Gasteiger partial charge in [0.25, 0.3) is 0 Å². The molecule has 0 amide bonds. The molecule has 1 fully saturated rings. The van der Waals surface area contributed by atoms with Crippen LogP contribution in [0, 0.1) is 11.8 Å². The van der Waals surface area contributed by atoms with E-state index < -0.39 is 0 Å². The van der Waals surface area contributed by atoms with Crippen LogP contribution in [-0.2, 0) is 0 Å². The molecule has 0 unspecified atom stereocenters. The lowest BCUT2D eigenvalue weighted by atomic mass is 9.83. The Labute approximate surface area is 118 Å². The van der Waals surface area contributed by atoms with Gasteiger partial charge in [0.1, 0.15) is 0 Å². The Morgan fingerprint density at radius 2 is 2.11 bits per heavy atom. The van der Waals surface area contributed by atoms with E-state index in [0.717, 1.165) is 24.0 Å². The number of fused-ring (bicyclic) bond motifs is 1. The Bertz CT molecular complexity index is 558. The minimum Gasteiger partial charge on any atom is -0.353 e. The predicted octanol–water partition coefficient (Wildman–Crippen LogP) is 3.62. The fraction of sp³-hybridized carbons (Fsp3) is 0.571. The molecule has 0 spiro atoms. The molecule has 1 saturated carbocycles. The highest BCUT2D eigenvalue weighted by Crippen LogP contribution is 2.28. The SMILES string of the molecule is CC1CCC(CNc2nc3ccc(Cl)cn3n2)CC1. The molecule has 0 aromatic carbocycles. The molecular formula is C14H19ClN4. The maximum atomic E-state index is 5.93. The number of nitrogens with zero attached hydrogens (tertiary/aromatic N) is 3. The Balaban J connectivity index is 1.62. The van der Waals surface area contributed by atoms with Crippen LogP contribution in [0.3, 0.4) is 0 Å². The summed E-state index contributed by atoms with van der Waals surface area (Å²) in [4.78, 5) is 4.44. The van der Waals surface area contributed by atoms with Crippen molar-refractivity contribution in [2.24, 2.45) is 11.8 Å². The zero-order chi connectivity index (χ0) is 13.2. The topological polar surface area (TPSA) is 42.2 Å². The molecule has 0 bridgehead atoms. The predicted molar refractivity (Wildman–Crippen MR) is 77.6 cm³/mol. The van der Waals surface area contributed by atoms with Crippen LogP contribution in [0.5, 0.6) is 0 Å².